The molecule has 2 amide bonds. The van der Waals surface area contributed by atoms with Gasteiger partial charge in [-0.05, 0) is 32.3 Å². The van der Waals surface area contributed by atoms with Crippen LogP contribution in [-0.4, -0.2) is 36.2 Å². The Morgan fingerprint density at radius 1 is 1.13 bits per heavy atom. The molecule has 0 spiro atoms. The molecule has 1 aliphatic heterocycles. The zero-order chi connectivity index (χ0) is 16.2. The van der Waals surface area contributed by atoms with Gasteiger partial charge in [-0.25, -0.2) is 4.79 Å². The number of hydrogen-bond donors (Lipinski definition) is 1. The molecule has 0 aromatic heterocycles. The lowest BCUT2D eigenvalue weighted by Gasteiger charge is -2.38. The molecule has 3 rings (SSSR count). The zero-order valence-electron chi connectivity index (χ0n) is 14.3. The fraction of sp³-hybridized carbons (Fsp3) is 0.632. The van der Waals surface area contributed by atoms with Crippen molar-refractivity contribution in [2.24, 2.45) is 0 Å². The van der Waals surface area contributed by atoms with E-state index in [4.69, 9.17) is 4.74 Å². The van der Waals surface area contributed by atoms with E-state index in [9.17, 15) is 4.79 Å². The standard InChI is InChI=1S/C19H28N2O2/c1-14-8-10-16(11-9-14)18-13-21(12-15(2)23-18)19(22)20-17-6-4-3-5-7-17/h8-11,15,17-18H,3-7,12-13H2,1-2H3,(H,20,22). The van der Waals surface area contributed by atoms with Crippen LogP contribution in [0.1, 0.15) is 56.3 Å². The van der Waals surface area contributed by atoms with Crippen LogP contribution in [0.25, 0.3) is 0 Å². The summed E-state index contributed by atoms with van der Waals surface area (Å²) in [6.45, 7) is 5.42. The summed E-state index contributed by atoms with van der Waals surface area (Å²) in [4.78, 5) is 14.5. The fourth-order valence-electron chi connectivity index (χ4n) is 3.60. The molecule has 126 valence electrons. The van der Waals surface area contributed by atoms with Gasteiger partial charge >= 0.3 is 6.03 Å². The third kappa shape index (κ3) is 4.25. The Hall–Kier alpha value is -1.55. The lowest BCUT2D eigenvalue weighted by molar-refractivity contribution is -0.0659. The topological polar surface area (TPSA) is 41.6 Å². The highest BCUT2D eigenvalue weighted by atomic mass is 16.5. The Kier molecular flexibility index (Phi) is 5.21. The first-order valence-electron chi connectivity index (χ1n) is 8.89. The van der Waals surface area contributed by atoms with Crippen LogP contribution in [-0.2, 0) is 4.74 Å². The quantitative estimate of drug-likeness (QED) is 0.901. The molecule has 1 aromatic rings. The number of morpholine rings is 1. The van der Waals surface area contributed by atoms with Gasteiger partial charge in [-0.15, -0.1) is 0 Å². The summed E-state index contributed by atoms with van der Waals surface area (Å²) in [7, 11) is 0. The highest BCUT2D eigenvalue weighted by molar-refractivity contribution is 5.74. The Labute approximate surface area is 139 Å². The van der Waals surface area contributed by atoms with Crippen LogP contribution >= 0.6 is 0 Å². The van der Waals surface area contributed by atoms with Crippen molar-refractivity contribution in [3.05, 3.63) is 35.4 Å². The molecule has 4 nitrogen and oxygen atoms in total. The number of urea groups is 1. The van der Waals surface area contributed by atoms with Crippen molar-refractivity contribution >= 4 is 6.03 Å². The monoisotopic (exact) mass is 316 g/mol. The Bertz CT molecular complexity index is 523. The average molecular weight is 316 g/mol. The predicted molar refractivity (Wildman–Crippen MR) is 91.4 cm³/mol. The minimum absolute atomic E-state index is 0.0311. The molecule has 1 saturated carbocycles. The van der Waals surface area contributed by atoms with E-state index in [2.05, 4.69) is 36.5 Å². The SMILES string of the molecule is Cc1ccc(C2CN(C(=O)NC3CCCCC3)CC(C)O2)cc1. The van der Waals surface area contributed by atoms with Gasteiger partial charge in [0.15, 0.2) is 0 Å². The molecule has 2 aliphatic rings. The predicted octanol–water partition coefficient (Wildman–Crippen LogP) is 3.80. The molecule has 2 atom stereocenters. The highest BCUT2D eigenvalue weighted by Gasteiger charge is 2.30. The van der Waals surface area contributed by atoms with E-state index < -0.39 is 0 Å². The molecular formula is C19H28N2O2. The van der Waals surface area contributed by atoms with Crippen molar-refractivity contribution in [3.63, 3.8) is 0 Å². The Morgan fingerprint density at radius 3 is 2.52 bits per heavy atom. The van der Waals surface area contributed by atoms with E-state index in [-0.39, 0.29) is 18.2 Å². The summed E-state index contributed by atoms with van der Waals surface area (Å²) >= 11 is 0. The van der Waals surface area contributed by atoms with Crippen LogP contribution in [0.3, 0.4) is 0 Å². The second kappa shape index (κ2) is 7.35. The third-order valence-corrected chi connectivity index (χ3v) is 4.93. The van der Waals surface area contributed by atoms with E-state index >= 15 is 0 Å². The molecule has 1 N–H and O–H groups in total. The minimum Gasteiger partial charge on any atom is -0.367 e. The number of rotatable bonds is 2. The summed E-state index contributed by atoms with van der Waals surface area (Å²) in [5.41, 5.74) is 2.39. The van der Waals surface area contributed by atoms with Crippen LogP contribution in [0.2, 0.25) is 0 Å². The van der Waals surface area contributed by atoms with E-state index in [1.807, 2.05) is 11.8 Å². The zero-order valence-corrected chi connectivity index (χ0v) is 14.3. The molecule has 4 heteroatoms. The molecular weight excluding hydrogens is 288 g/mol. The summed E-state index contributed by atoms with van der Waals surface area (Å²) < 4.78 is 6.06. The second-order valence-corrected chi connectivity index (χ2v) is 7.04. The van der Waals surface area contributed by atoms with E-state index in [0.717, 1.165) is 18.4 Å². The van der Waals surface area contributed by atoms with Gasteiger partial charge in [0.05, 0.1) is 12.6 Å². The van der Waals surface area contributed by atoms with Crippen LogP contribution in [0, 0.1) is 6.92 Å². The number of nitrogens with one attached hydrogen (secondary N) is 1. The first-order valence-corrected chi connectivity index (χ1v) is 8.89. The fourth-order valence-corrected chi connectivity index (χ4v) is 3.60. The first-order chi connectivity index (χ1) is 11.1. The maximum atomic E-state index is 12.6. The van der Waals surface area contributed by atoms with Gasteiger partial charge in [0.2, 0.25) is 0 Å². The molecule has 0 radical (unpaired) electrons. The smallest absolute Gasteiger partial charge is 0.317 e. The van der Waals surface area contributed by atoms with E-state index in [0.29, 0.717) is 19.1 Å². The lowest BCUT2D eigenvalue weighted by atomic mass is 9.96. The average Bonchev–Trinajstić information content (AvgIpc) is 2.56. The number of ether oxygens (including phenoxy) is 1. The van der Waals surface area contributed by atoms with Gasteiger partial charge in [-0.3, -0.25) is 0 Å². The molecule has 1 heterocycles. The van der Waals surface area contributed by atoms with Crippen LogP contribution in [0.4, 0.5) is 4.79 Å². The molecule has 23 heavy (non-hydrogen) atoms. The molecule has 1 saturated heterocycles. The third-order valence-electron chi connectivity index (χ3n) is 4.93. The van der Waals surface area contributed by atoms with Gasteiger partial charge in [-0.2, -0.15) is 0 Å². The number of nitrogens with zero attached hydrogens (tertiary/aromatic N) is 1. The normalized spacial score (nSPS) is 26.1. The summed E-state index contributed by atoms with van der Waals surface area (Å²) in [6, 6.07) is 8.84. The summed E-state index contributed by atoms with van der Waals surface area (Å²) in [6.07, 6.45) is 6.03. The number of carbonyl (C=O) groups is 1. The number of hydrogen-bond acceptors (Lipinski definition) is 2. The van der Waals surface area contributed by atoms with Crippen molar-refractivity contribution in [2.75, 3.05) is 13.1 Å². The number of carbonyl (C=O) groups excluding carboxylic acids is 1. The van der Waals surface area contributed by atoms with E-state index in [1.54, 1.807) is 0 Å². The van der Waals surface area contributed by atoms with Crippen LogP contribution in [0.15, 0.2) is 24.3 Å². The van der Waals surface area contributed by atoms with Gasteiger partial charge in [0.1, 0.15) is 6.10 Å². The van der Waals surface area contributed by atoms with E-state index in [1.165, 1.54) is 24.8 Å². The van der Waals surface area contributed by atoms with Crippen molar-refractivity contribution in [3.8, 4) is 0 Å². The van der Waals surface area contributed by atoms with Crippen LogP contribution in [0.5, 0.6) is 0 Å². The highest BCUT2D eigenvalue weighted by Crippen LogP contribution is 2.26. The number of amides is 2. The molecule has 1 aromatic carbocycles. The van der Waals surface area contributed by atoms with Gasteiger partial charge in [-0.1, -0.05) is 49.1 Å². The summed E-state index contributed by atoms with van der Waals surface area (Å²) in [5.74, 6) is 0. The van der Waals surface area contributed by atoms with Crippen molar-refractivity contribution < 1.29 is 9.53 Å². The second-order valence-electron chi connectivity index (χ2n) is 7.04. The van der Waals surface area contributed by atoms with Gasteiger partial charge in [0.25, 0.3) is 0 Å². The minimum atomic E-state index is -0.0311. The van der Waals surface area contributed by atoms with Crippen molar-refractivity contribution in [2.45, 2.75) is 64.2 Å². The largest absolute Gasteiger partial charge is 0.367 e. The molecule has 0 bridgehead atoms. The lowest BCUT2D eigenvalue weighted by Crippen LogP contribution is -2.52. The molecule has 1 aliphatic carbocycles. The summed E-state index contributed by atoms with van der Waals surface area (Å²) in [5, 5.41) is 3.22. The van der Waals surface area contributed by atoms with Gasteiger partial charge < -0.3 is 15.0 Å². The molecule has 2 fully saturated rings. The van der Waals surface area contributed by atoms with Crippen LogP contribution < -0.4 is 5.32 Å². The Balaban J connectivity index is 1.62. The Morgan fingerprint density at radius 2 is 1.83 bits per heavy atom. The maximum Gasteiger partial charge on any atom is 0.317 e. The maximum absolute atomic E-state index is 12.6. The van der Waals surface area contributed by atoms with Crippen molar-refractivity contribution in [1.82, 2.24) is 10.2 Å². The van der Waals surface area contributed by atoms with Crippen molar-refractivity contribution in [1.29, 1.82) is 0 Å². The first kappa shape index (κ1) is 16.3. The van der Waals surface area contributed by atoms with Gasteiger partial charge in [0, 0.05) is 12.6 Å². The number of aryl methyl sites for hydroxylation is 1. The molecule has 2 unspecified atom stereocenters. The number of benzene rings is 1.